The number of hydrogen-bond acceptors (Lipinski definition) is 5. The molecule has 0 aromatic carbocycles. The van der Waals surface area contributed by atoms with E-state index in [0.29, 0.717) is 4.57 Å². The molecule has 0 aliphatic rings. The standard InChI is InChI=1S/C13H16N4O4/c1-8(18)5-4-6-9(19)17-12(20)10-11(14-7-15(10)2)16(3)13(17)21/h7H,4-6H2,1-3H3/i1D3. The molecule has 0 saturated carbocycles. The number of imidazole rings is 1. The van der Waals surface area contributed by atoms with E-state index in [-0.39, 0.29) is 30.4 Å². The number of aryl methyl sites for hydroxylation is 2. The van der Waals surface area contributed by atoms with Gasteiger partial charge in [-0.25, -0.2) is 9.78 Å². The molecule has 2 aromatic rings. The minimum absolute atomic E-state index is 0.0604. The van der Waals surface area contributed by atoms with Crippen LogP contribution in [0.4, 0.5) is 0 Å². The van der Waals surface area contributed by atoms with Crippen molar-refractivity contribution in [2.75, 3.05) is 0 Å². The Morgan fingerprint density at radius 2 is 2.00 bits per heavy atom. The predicted octanol–water partition coefficient (Wildman–Crippen LogP) is -0.167. The summed E-state index contributed by atoms with van der Waals surface area (Å²) < 4.78 is 23.9. The van der Waals surface area contributed by atoms with Gasteiger partial charge >= 0.3 is 5.69 Å². The molecule has 8 nitrogen and oxygen atoms in total. The van der Waals surface area contributed by atoms with E-state index >= 15 is 0 Å². The zero-order valence-electron chi connectivity index (χ0n) is 14.6. The fraction of sp³-hybridized carbons (Fsp3) is 0.462. The molecule has 0 radical (unpaired) electrons. The lowest BCUT2D eigenvalue weighted by Gasteiger charge is -2.07. The van der Waals surface area contributed by atoms with Crippen molar-refractivity contribution in [1.29, 1.82) is 0 Å². The molecule has 112 valence electrons. The summed E-state index contributed by atoms with van der Waals surface area (Å²) in [6.07, 6.45) is 0.677. The number of aromatic nitrogens is 4. The maximum absolute atomic E-state index is 12.4. The molecule has 0 aliphatic carbocycles. The lowest BCUT2D eigenvalue weighted by Crippen LogP contribution is -2.43. The van der Waals surface area contributed by atoms with Crippen molar-refractivity contribution in [1.82, 2.24) is 18.7 Å². The molecule has 0 atom stereocenters. The zero-order chi connectivity index (χ0) is 18.2. The average Bonchev–Trinajstić information content (AvgIpc) is 2.86. The van der Waals surface area contributed by atoms with E-state index < -0.39 is 29.8 Å². The van der Waals surface area contributed by atoms with Gasteiger partial charge in [-0.1, -0.05) is 0 Å². The summed E-state index contributed by atoms with van der Waals surface area (Å²) in [5, 5.41) is 0. The number of carbonyl (C=O) groups is 2. The third-order valence-electron chi connectivity index (χ3n) is 3.16. The Hall–Kier alpha value is -2.51. The molecule has 8 heteroatoms. The fourth-order valence-electron chi connectivity index (χ4n) is 2.08. The maximum atomic E-state index is 12.4. The van der Waals surface area contributed by atoms with Crippen molar-refractivity contribution in [2.24, 2.45) is 14.1 Å². The summed E-state index contributed by atoms with van der Waals surface area (Å²) in [4.78, 5) is 52.1. The molecule has 0 spiro atoms. The van der Waals surface area contributed by atoms with Crippen molar-refractivity contribution in [3.63, 3.8) is 0 Å². The SMILES string of the molecule is [2H]C([2H])([2H])C(=O)CCCC(=O)n1c(=O)c2c(ncn2C)n(C)c1=O. The molecular formula is C13H16N4O4. The second-order valence-electron chi connectivity index (χ2n) is 4.68. The summed E-state index contributed by atoms with van der Waals surface area (Å²) in [5.41, 5.74) is -1.36. The van der Waals surface area contributed by atoms with E-state index in [0.717, 1.165) is 4.57 Å². The quantitative estimate of drug-likeness (QED) is 0.780. The normalized spacial score (nSPS) is 13.7. The first-order valence-electron chi connectivity index (χ1n) is 7.75. The monoisotopic (exact) mass is 295 g/mol. The summed E-state index contributed by atoms with van der Waals surface area (Å²) >= 11 is 0. The van der Waals surface area contributed by atoms with Crippen molar-refractivity contribution in [3.8, 4) is 0 Å². The van der Waals surface area contributed by atoms with Crippen LogP contribution < -0.4 is 11.2 Å². The van der Waals surface area contributed by atoms with E-state index in [9.17, 15) is 19.2 Å². The van der Waals surface area contributed by atoms with Crippen molar-refractivity contribution >= 4 is 22.9 Å². The Morgan fingerprint density at radius 1 is 1.29 bits per heavy atom. The second-order valence-corrected chi connectivity index (χ2v) is 4.68. The first kappa shape index (κ1) is 11.2. The lowest BCUT2D eigenvalue weighted by molar-refractivity contribution is -0.117. The number of Topliss-reactive ketones (excluding diaryl/α,β-unsaturated/α-hetero) is 1. The number of fused-ring (bicyclic) bond motifs is 1. The minimum atomic E-state index is -2.72. The highest BCUT2D eigenvalue weighted by Gasteiger charge is 2.19. The molecule has 0 N–H and O–H groups in total. The zero-order valence-corrected chi connectivity index (χ0v) is 11.6. The van der Waals surface area contributed by atoms with Gasteiger partial charge in [0.15, 0.2) is 11.2 Å². The van der Waals surface area contributed by atoms with E-state index in [1.165, 1.54) is 17.9 Å². The van der Waals surface area contributed by atoms with Gasteiger partial charge < -0.3 is 9.36 Å². The Balaban J connectivity index is 2.31. The van der Waals surface area contributed by atoms with Crippen molar-refractivity contribution in [2.45, 2.75) is 26.1 Å². The van der Waals surface area contributed by atoms with Crippen LogP contribution in [0.3, 0.4) is 0 Å². The van der Waals surface area contributed by atoms with Gasteiger partial charge in [0, 0.05) is 31.0 Å². The Kier molecular flexibility index (Phi) is 2.91. The predicted molar refractivity (Wildman–Crippen MR) is 75.4 cm³/mol. The van der Waals surface area contributed by atoms with E-state index in [4.69, 9.17) is 4.11 Å². The summed E-state index contributed by atoms with van der Waals surface area (Å²) in [6.45, 7) is -2.72. The van der Waals surface area contributed by atoms with Gasteiger partial charge in [0.05, 0.1) is 6.33 Å². The smallest absolute Gasteiger partial charge is 0.328 e. The molecule has 0 saturated heterocycles. The van der Waals surface area contributed by atoms with Crippen LogP contribution in [-0.2, 0) is 18.9 Å². The topological polar surface area (TPSA) is 96.0 Å². The van der Waals surface area contributed by atoms with Gasteiger partial charge in [0.25, 0.3) is 5.56 Å². The summed E-state index contributed by atoms with van der Waals surface area (Å²) in [5.74, 6) is -1.75. The largest absolute Gasteiger partial charge is 0.339 e. The Bertz CT molecular complexity index is 936. The first-order valence-corrected chi connectivity index (χ1v) is 6.25. The summed E-state index contributed by atoms with van der Waals surface area (Å²) in [7, 11) is 2.95. The highest BCUT2D eigenvalue weighted by Crippen LogP contribution is 2.04. The average molecular weight is 295 g/mol. The molecule has 2 aromatic heterocycles. The van der Waals surface area contributed by atoms with Crippen molar-refractivity contribution < 1.29 is 13.7 Å². The highest BCUT2D eigenvalue weighted by atomic mass is 16.2. The van der Waals surface area contributed by atoms with Crippen LogP contribution in [0.1, 0.15) is 35.0 Å². The lowest BCUT2D eigenvalue weighted by atomic mass is 10.2. The van der Waals surface area contributed by atoms with Gasteiger partial charge in [-0.15, -0.1) is 0 Å². The molecule has 0 amide bonds. The third-order valence-corrected chi connectivity index (χ3v) is 3.16. The number of carbonyl (C=O) groups excluding carboxylic acids is 2. The number of rotatable bonds is 4. The molecular weight excluding hydrogens is 276 g/mol. The number of nitrogens with zero attached hydrogens (tertiary/aromatic N) is 4. The van der Waals surface area contributed by atoms with Gasteiger partial charge in [0.2, 0.25) is 5.91 Å². The molecule has 2 rings (SSSR count). The van der Waals surface area contributed by atoms with E-state index in [1.807, 2.05) is 0 Å². The van der Waals surface area contributed by atoms with E-state index in [1.54, 1.807) is 7.05 Å². The van der Waals surface area contributed by atoms with Crippen LogP contribution in [-0.4, -0.2) is 30.4 Å². The van der Waals surface area contributed by atoms with Crippen LogP contribution in [0.15, 0.2) is 15.9 Å². The van der Waals surface area contributed by atoms with Crippen LogP contribution in [0, 0.1) is 0 Å². The third kappa shape index (κ3) is 2.56. The fourth-order valence-corrected chi connectivity index (χ4v) is 2.08. The van der Waals surface area contributed by atoms with Crippen LogP contribution in [0.5, 0.6) is 0 Å². The summed E-state index contributed by atoms with van der Waals surface area (Å²) in [6, 6.07) is 0. The van der Waals surface area contributed by atoms with Gasteiger partial charge in [-0.05, 0) is 13.3 Å². The van der Waals surface area contributed by atoms with Crippen LogP contribution >= 0.6 is 0 Å². The molecule has 0 unspecified atom stereocenters. The second kappa shape index (κ2) is 5.47. The van der Waals surface area contributed by atoms with E-state index in [2.05, 4.69) is 4.98 Å². The van der Waals surface area contributed by atoms with Gasteiger partial charge in [0.1, 0.15) is 5.78 Å². The van der Waals surface area contributed by atoms with Crippen LogP contribution in [0.25, 0.3) is 11.2 Å². The maximum Gasteiger partial charge on any atom is 0.339 e. The van der Waals surface area contributed by atoms with Gasteiger partial charge in [-0.3, -0.25) is 14.2 Å². The molecule has 0 aliphatic heterocycles. The Labute approximate surface area is 123 Å². The molecule has 21 heavy (non-hydrogen) atoms. The number of hydrogen-bond donors (Lipinski definition) is 0. The molecule has 0 fully saturated rings. The first-order chi connectivity index (χ1) is 11.1. The molecule has 2 heterocycles. The van der Waals surface area contributed by atoms with Crippen molar-refractivity contribution in [3.05, 3.63) is 27.2 Å². The van der Waals surface area contributed by atoms with Crippen LogP contribution in [0.2, 0.25) is 0 Å². The number of ketones is 1. The highest BCUT2D eigenvalue weighted by molar-refractivity contribution is 5.82. The van der Waals surface area contributed by atoms with Gasteiger partial charge in [-0.2, -0.15) is 4.57 Å². The Morgan fingerprint density at radius 3 is 2.67 bits per heavy atom. The molecule has 0 bridgehead atoms. The minimum Gasteiger partial charge on any atom is -0.328 e.